The Morgan fingerprint density at radius 2 is 1.53 bits per heavy atom. The second kappa shape index (κ2) is 5.02. The summed E-state index contributed by atoms with van der Waals surface area (Å²) in [6.07, 6.45) is -3.58. The second-order valence-electron chi connectivity index (χ2n) is 4.57. The summed E-state index contributed by atoms with van der Waals surface area (Å²) in [5.74, 6) is -2.68. The standard InChI is InChI=1S/C11H15BrO7/c1-4(13)7(16)8-10(17,5(2)14)11(18,6(3)15)9(12)19-8/h7-9,16-18H,1-3H3/t7?,8-,9?,10-,11+/m1/s1. The van der Waals surface area contributed by atoms with E-state index in [1.807, 2.05) is 0 Å². The van der Waals surface area contributed by atoms with Gasteiger partial charge in [-0.15, -0.1) is 0 Å². The normalized spacial score (nSPS) is 39.9. The molecule has 1 aliphatic rings. The van der Waals surface area contributed by atoms with Crippen LogP contribution < -0.4 is 0 Å². The van der Waals surface area contributed by atoms with E-state index in [0.717, 1.165) is 20.8 Å². The van der Waals surface area contributed by atoms with Gasteiger partial charge in [-0.2, -0.15) is 0 Å². The van der Waals surface area contributed by atoms with Gasteiger partial charge in [-0.25, -0.2) is 0 Å². The number of Topliss-reactive ketones (excluding diaryl/α,β-unsaturated/α-hetero) is 3. The van der Waals surface area contributed by atoms with Gasteiger partial charge in [-0.05, 0) is 20.8 Å². The molecule has 0 radical (unpaired) electrons. The SMILES string of the molecule is CC(=O)C(O)[C@H]1OC(Br)[C@@](O)(C(C)=O)[C@@]1(O)C(C)=O. The van der Waals surface area contributed by atoms with Crippen molar-refractivity contribution in [1.82, 2.24) is 0 Å². The number of aliphatic hydroxyl groups is 3. The van der Waals surface area contributed by atoms with Gasteiger partial charge in [-0.1, -0.05) is 15.9 Å². The lowest BCUT2D eigenvalue weighted by Gasteiger charge is -2.36. The Morgan fingerprint density at radius 3 is 1.84 bits per heavy atom. The van der Waals surface area contributed by atoms with Crippen LogP contribution in [0.2, 0.25) is 0 Å². The zero-order valence-corrected chi connectivity index (χ0v) is 12.2. The predicted molar refractivity (Wildman–Crippen MR) is 65.5 cm³/mol. The molecule has 0 saturated carbocycles. The minimum atomic E-state index is -2.71. The van der Waals surface area contributed by atoms with Crippen LogP contribution in [-0.2, 0) is 19.1 Å². The number of carbonyl (C=O) groups is 3. The van der Waals surface area contributed by atoms with Crippen molar-refractivity contribution in [2.24, 2.45) is 0 Å². The molecule has 0 amide bonds. The van der Waals surface area contributed by atoms with Crippen LogP contribution in [0.5, 0.6) is 0 Å². The van der Waals surface area contributed by atoms with E-state index in [1.54, 1.807) is 0 Å². The van der Waals surface area contributed by atoms with Gasteiger partial charge in [0.2, 0.25) is 0 Å². The van der Waals surface area contributed by atoms with Crippen molar-refractivity contribution in [2.45, 2.75) is 49.2 Å². The van der Waals surface area contributed by atoms with Gasteiger partial charge in [0.15, 0.2) is 33.6 Å². The average molecular weight is 339 g/mol. The Labute approximate surface area is 117 Å². The number of aliphatic hydroxyl groups excluding tert-OH is 1. The smallest absolute Gasteiger partial charge is 0.197 e. The predicted octanol–water partition coefficient (Wildman–Crippen LogP) is -1.30. The monoisotopic (exact) mass is 338 g/mol. The highest BCUT2D eigenvalue weighted by Gasteiger charge is 2.72. The lowest BCUT2D eigenvalue weighted by atomic mass is 9.74. The van der Waals surface area contributed by atoms with Gasteiger partial charge in [0.1, 0.15) is 12.2 Å². The van der Waals surface area contributed by atoms with Crippen LogP contribution in [0.15, 0.2) is 0 Å². The van der Waals surface area contributed by atoms with Crippen molar-refractivity contribution in [1.29, 1.82) is 0 Å². The van der Waals surface area contributed by atoms with Crippen LogP contribution in [0, 0.1) is 0 Å². The zero-order valence-electron chi connectivity index (χ0n) is 10.6. The first-order valence-electron chi connectivity index (χ1n) is 5.46. The molecule has 5 atom stereocenters. The Kier molecular flexibility index (Phi) is 4.33. The number of rotatable bonds is 4. The summed E-state index contributed by atoms with van der Waals surface area (Å²) in [6.45, 7) is 2.93. The summed E-state index contributed by atoms with van der Waals surface area (Å²) in [5.41, 5.74) is -5.29. The molecule has 2 unspecified atom stereocenters. The number of hydrogen-bond acceptors (Lipinski definition) is 7. The molecular weight excluding hydrogens is 324 g/mol. The molecule has 19 heavy (non-hydrogen) atoms. The molecule has 1 aliphatic heterocycles. The first kappa shape index (κ1) is 16.4. The minimum absolute atomic E-state index is 0.767. The molecule has 108 valence electrons. The molecule has 7 nitrogen and oxygen atoms in total. The molecule has 3 N–H and O–H groups in total. The van der Waals surface area contributed by atoms with Gasteiger partial charge < -0.3 is 20.1 Å². The third kappa shape index (κ3) is 2.07. The van der Waals surface area contributed by atoms with Crippen molar-refractivity contribution in [2.75, 3.05) is 0 Å². The molecule has 0 bridgehead atoms. The highest BCUT2D eigenvalue weighted by molar-refractivity contribution is 9.09. The van der Waals surface area contributed by atoms with Crippen molar-refractivity contribution in [3.63, 3.8) is 0 Å². The molecule has 0 aromatic rings. The molecule has 0 aromatic heterocycles. The maximum absolute atomic E-state index is 11.7. The van der Waals surface area contributed by atoms with E-state index in [2.05, 4.69) is 15.9 Å². The molecule has 1 fully saturated rings. The van der Waals surface area contributed by atoms with E-state index in [0.29, 0.717) is 0 Å². The zero-order chi connectivity index (χ0) is 15.2. The van der Waals surface area contributed by atoms with Crippen molar-refractivity contribution >= 4 is 33.3 Å². The topological polar surface area (TPSA) is 121 Å². The number of alkyl halides is 1. The first-order valence-corrected chi connectivity index (χ1v) is 6.37. The summed E-state index contributed by atoms with van der Waals surface area (Å²) in [7, 11) is 0. The van der Waals surface area contributed by atoms with Gasteiger partial charge in [0, 0.05) is 0 Å². The fourth-order valence-corrected chi connectivity index (χ4v) is 3.03. The molecule has 8 heteroatoms. The molecule has 1 rings (SSSR count). The maximum atomic E-state index is 11.7. The summed E-state index contributed by atoms with van der Waals surface area (Å²) in [5, 5.41) is 29.0. The molecule has 1 heterocycles. The molecule has 0 aliphatic carbocycles. The quantitative estimate of drug-likeness (QED) is 0.544. The second-order valence-corrected chi connectivity index (χ2v) is 5.41. The third-order valence-electron chi connectivity index (χ3n) is 3.36. The molecular formula is C11H15BrO7. The number of halogens is 1. The summed E-state index contributed by atoms with van der Waals surface area (Å²) >= 11 is 2.84. The highest BCUT2D eigenvalue weighted by atomic mass is 79.9. The van der Waals surface area contributed by atoms with E-state index in [9.17, 15) is 29.7 Å². The van der Waals surface area contributed by atoms with E-state index in [4.69, 9.17) is 4.74 Å². The number of ketones is 3. The van der Waals surface area contributed by atoms with E-state index in [1.165, 1.54) is 0 Å². The fraction of sp³-hybridized carbons (Fsp3) is 0.727. The third-order valence-corrected chi connectivity index (χ3v) is 4.24. The molecule has 0 aromatic carbocycles. The van der Waals surface area contributed by atoms with Crippen LogP contribution in [0.4, 0.5) is 0 Å². The lowest BCUT2D eigenvalue weighted by molar-refractivity contribution is -0.180. The maximum Gasteiger partial charge on any atom is 0.197 e. The number of carbonyl (C=O) groups excluding carboxylic acids is 3. The van der Waals surface area contributed by atoms with Crippen molar-refractivity contribution < 1.29 is 34.4 Å². The summed E-state index contributed by atoms with van der Waals surface area (Å²) < 4.78 is 5.04. The van der Waals surface area contributed by atoms with Crippen LogP contribution >= 0.6 is 15.9 Å². The first-order chi connectivity index (χ1) is 8.51. The Balaban J connectivity index is 3.43. The van der Waals surface area contributed by atoms with E-state index in [-0.39, 0.29) is 0 Å². The van der Waals surface area contributed by atoms with Crippen molar-refractivity contribution in [3.8, 4) is 0 Å². The van der Waals surface area contributed by atoms with Gasteiger partial charge in [0.05, 0.1) is 0 Å². The summed E-state index contributed by atoms with van der Waals surface area (Å²) in [6, 6.07) is 0. The fourth-order valence-electron chi connectivity index (χ4n) is 2.13. The number of hydrogen-bond donors (Lipinski definition) is 3. The molecule has 1 saturated heterocycles. The highest BCUT2D eigenvalue weighted by Crippen LogP contribution is 2.45. The Hall–Kier alpha value is -0.670. The Morgan fingerprint density at radius 1 is 1.11 bits per heavy atom. The molecule has 0 spiro atoms. The van der Waals surface area contributed by atoms with E-state index >= 15 is 0 Å². The van der Waals surface area contributed by atoms with Crippen LogP contribution in [0.3, 0.4) is 0 Å². The van der Waals surface area contributed by atoms with Gasteiger partial charge >= 0.3 is 0 Å². The largest absolute Gasteiger partial charge is 0.382 e. The van der Waals surface area contributed by atoms with Gasteiger partial charge in [0.25, 0.3) is 0 Å². The lowest BCUT2D eigenvalue weighted by Crippen LogP contribution is -2.68. The van der Waals surface area contributed by atoms with Crippen molar-refractivity contribution in [3.05, 3.63) is 0 Å². The average Bonchev–Trinajstić information content (AvgIpc) is 2.51. The number of ether oxygens (including phenoxy) is 1. The summed E-state index contributed by atoms with van der Waals surface area (Å²) in [4.78, 5) is 34.5. The van der Waals surface area contributed by atoms with Crippen LogP contribution in [-0.4, -0.2) is 61.1 Å². The Bertz CT molecular complexity index is 437. The van der Waals surface area contributed by atoms with Crippen LogP contribution in [0.1, 0.15) is 20.8 Å². The van der Waals surface area contributed by atoms with Crippen LogP contribution in [0.25, 0.3) is 0 Å². The van der Waals surface area contributed by atoms with Gasteiger partial charge in [-0.3, -0.25) is 14.4 Å². The van der Waals surface area contributed by atoms with E-state index < -0.39 is 45.8 Å². The minimum Gasteiger partial charge on any atom is -0.382 e.